The molecule has 2 saturated heterocycles. The normalized spacial score (nSPS) is 19.8. The smallest absolute Gasteiger partial charge is 0.262 e. The Bertz CT molecular complexity index is 1420. The maximum atomic E-state index is 16.4. The minimum atomic E-state index is -0.690. The Labute approximate surface area is 212 Å². The summed E-state index contributed by atoms with van der Waals surface area (Å²) in [4.78, 5) is 36.2. The van der Waals surface area contributed by atoms with Crippen LogP contribution in [0, 0.1) is 12.7 Å². The molecule has 2 aromatic heterocycles. The molecule has 192 valence electrons. The topological polar surface area (TPSA) is 104 Å². The lowest BCUT2D eigenvalue weighted by molar-refractivity contribution is -0.128. The van der Waals surface area contributed by atoms with Crippen molar-refractivity contribution in [3.63, 3.8) is 0 Å². The van der Waals surface area contributed by atoms with Gasteiger partial charge in [-0.05, 0) is 18.6 Å². The molecule has 0 aliphatic carbocycles. The van der Waals surface area contributed by atoms with Gasteiger partial charge < -0.3 is 24.2 Å². The number of pyridine rings is 1. The Kier molecular flexibility index (Phi) is 5.79. The lowest BCUT2D eigenvalue weighted by Gasteiger charge is -2.39. The maximum Gasteiger partial charge on any atom is 0.262 e. The van der Waals surface area contributed by atoms with Gasteiger partial charge in [-0.2, -0.15) is 5.10 Å². The summed E-state index contributed by atoms with van der Waals surface area (Å²) >= 11 is 0. The predicted molar refractivity (Wildman–Crippen MR) is 134 cm³/mol. The Balaban J connectivity index is 1.52. The molecule has 3 aromatic rings. The van der Waals surface area contributed by atoms with E-state index >= 15 is 4.39 Å². The second kappa shape index (κ2) is 9.15. The molecule has 2 amide bonds. The number of benzene rings is 1. The van der Waals surface area contributed by atoms with Crippen LogP contribution in [0.5, 0.6) is 5.75 Å². The van der Waals surface area contributed by atoms with Crippen molar-refractivity contribution in [1.82, 2.24) is 25.0 Å². The zero-order chi connectivity index (χ0) is 25.7. The standard InChI is InChI=1S/C26H27FN6O4/c1-3-18(34)32-6-7-33-17(13-32)14-37-24-20(26(33)35)25(31-8-10-36-11-9-31)29-23(21(24)27)19-15(2)4-5-16-12-28-30-22(16)19/h3-5,12,17H,1,6-11,13-14H2,2H3,(H,28,30). The molecule has 0 spiro atoms. The van der Waals surface area contributed by atoms with Gasteiger partial charge in [-0.15, -0.1) is 0 Å². The highest BCUT2D eigenvalue weighted by Crippen LogP contribution is 2.42. The van der Waals surface area contributed by atoms with Crippen LogP contribution in [0.3, 0.4) is 0 Å². The van der Waals surface area contributed by atoms with Gasteiger partial charge in [-0.3, -0.25) is 14.7 Å². The summed E-state index contributed by atoms with van der Waals surface area (Å²) in [6.07, 6.45) is 2.94. The molecule has 1 N–H and O–H groups in total. The summed E-state index contributed by atoms with van der Waals surface area (Å²) in [5.41, 5.74) is 2.26. The summed E-state index contributed by atoms with van der Waals surface area (Å²) in [5, 5.41) is 7.92. The molecule has 2 fully saturated rings. The number of aryl methyl sites for hydroxylation is 1. The molecule has 1 atom stereocenters. The predicted octanol–water partition coefficient (Wildman–Crippen LogP) is 2.14. The number of morpholine rings is 1. The molecule has 0 bridgehead atoms. The number of nitrogens with one attached hydrogen (secondary N) is 1. The number of hydrogen-bond acceptors (Lipinski definition) is 7. The SMILES string of the molecule is C=CC(=O)N1CCN2C(=O)c3c(N4CCOCC4)nc(-c4c(C)ccc5cn[nH]c45)c(F)c3OCC2C1. The fourth-order valence-corrected chi connectivity index (χ4v) is 5.37. The van der Waals surface area contributed by atoms with Crippen LogP contribution >= 0.6 is 0 Å². The van der Waals surface area contributed by atoms with Crippen molar-refractivity contribution in [3.05, 3.63) is 47.9 Å². The van der Waals surface area contributed by atoms with Crippen molar-refractivity contribution in [1.29, 1.82) is 0 Å². The average molecular weight is 507 g/mol. The van der Waals surface area contributed by atoms with E-state index in [4.69, 9.17) is 14.5 Å². The number of ether oxygens (including phenoxy) is 2. The number of H-pyrrole nitrogens is 1. The minimum absolute atomic E-state index is 0.0514. The van der Waals surface area contributed by atoms with Crippen LogP contribution in [-0.2, 0) is 9.53 Å². The van der Waals surface area contributed by atoms with E-state index in [1.165, 1.54) is 6.08 Å². The quantitative estimate of drug-likeness (QED) is 0.543. The van der Waals surface area contributed by atoms with E-state index in [2.05, 4.69) is 16.8 Å². The second-order valence-corrected chi connectivity index (χ2v) is 9.44. The molecule has 10 nitrogen and oxygen atoms in total. The van der Waals surface area contributed by atoms with Gasteiger partial charge >= 0.3 is 0 Å². The van der Waals surface area contributed by atoms with Crippen molar-refractivity contribution < 1.29 is 23.5 Å². The molecule has 37 heavy (non-hydrogen) atoms. The summed E-state index contributed by atoms with van der Waals surface area (Å²) in [7, 11) is 0. The van der Waals surface area contributed by atoms with Crippen LogP contribution in [0.25, 0.3) is 22.2 Å². The number of carbonyl (C=O) groups excluding carboxylic acids is 2. The third-order valence-electron chi connectivity index (χ3n) is 7.31. The third-order valence-corrected chi connectivity index (χ3v) is 7.31. The second-order valence-electron chi connectivity index (χ2n) is 9.44. The van der Waals surface area contributed by atoms with Gasteiger partial charge in [0.15, 0.2) is 11.6 Å². The van der Waals surface area contributed by atoms with E-state index in [1.807, 2.05) is 24.0 Å². The molecular formula is C26H27FN6O4. The molecule has 11 heteroatoms. The fourth-order valence-electron chi connectivity index (χ4n) is 5.37. The lowest BCUT2D eigenvalue weighted by Crippen LogP contribution is -2.57. The summed E-state index contributed by atoms with van der Waals surface area (Å²) in [5.74, 6) is -0.978. The van der Waals surface area contributed by atoms with E-state index in [1.54, 1.807) is 16.0 Å². The highest BCUT2D eigenvalue weighted by atomic mass is 19.1. The first-order chi connectivity index (χ1) is 18.0. The monoisotopic (exact) mass is 506 g/mol. The van der Waals surface area contributed by atoms with Crippen LogP contribution in [-0.4, -0.2) is 95.4 Å². The number of piperazine rings is 1. The van der Waals surface area contributed by atoms with Crippen molar-refractivity contribution in [2.75, 3.05) is 57.4 Å². The van der Waals surface area contributed by atoms with E-state index in [9.17, 15) is 9.59 Å². The molecule has 1 unspecified atom stereocenters. The first kappa shape index (κ1) is 23.4. The van der Waals surface area contributed by atoms with Gasteiger partial charge in [0.25, 0.3) is 5.91 Å². The largest absolute Gasteiger partial charge is 0.487 e. The van der Waals surface area contributed by atoms with Crippen molar-refractivity contribution in [2.24, 2.45) is 0 Å². The van der Waals surface area contributed by atoms with E-state index < -0.39 is 11.9 Å². The highest BCUT2D eigenvalue weighted by molar-refractivity contribution is 6.04. The van der Waals surface area contributed by atoms with Gasteiger partial charge in [-0.25, -0.2) is 9.37 Å². The number of aromatic nitrogens is 3. The van der Waals surface area contributed by atoms with Crippen LogP contribution < -0.4 is 9.64 Å². The van der Waals surface area contributed by atoms with Crippen LogP contribution in [0.2, 0.25) is 0 Å². The first-order valence-corrected chi connectivity index (χ1v) is 12.3. The third kappa shape index (κ3) is 3.81. The lowest BCUT2D eigenvalue weighted by atomic mass is 10.00. The van der Waals surface area contributed by atoms with Crippen LogP contribution in [0.1, 0.15) is 15.9 Å². The number of rotatable bonds is 3. The van der Waals surface area contributed by atoms with E-state index in [0.717, 1.165) is 10.9 Å². The molecule has 0 saturated carbocycles. The van der Waals surface area contributed by atoms with E-state index in [-0.39, 0.29) is 42.0 Å². The number of aromatic amines is 1. The van der Waals surface area contributed by atoms with Gasteiger partial charge in [0.05, 0.1) is 31.0 Å². The first-order valence-electron chi connectivity index (χ1n) is 12.3. The van der Waals surface area contributed by atoms with Gasteiger partial charge in [0.1, 0.15) is 23.7 Å². The molecular weight excluding hydrogens is 479 g/mol. The number of fused-ring (bicyclic) bond motifs is 3. The number of anilines is 1. The molecule has 3 aliphatic heterocycles. The number of hydrogen-bond donors (Lipinski definition) is 1. The van der Waals surface area contributed by atoms with Gasteiger partial charge in [-0.1, -0.05) is 18.7 Å². The molecule has 3 aliphatic rings. The van der Waals surface area contributed by atoms with Gasteiger partial charge in [0, 0.05) is 43.7 Å². The number of amides is 2. The Morgan fingerprint density at radius 3 is 2.81 bits per heavy atom. The zero-order valence-corrected chi connectivity index (χ0v) is 20.5. The average Bonchev–Trinajstić information content (AvgIpc) is 3.35. The Morgan fingerprint density at radius 2 is 2.03 bits per heavy atom. The zero-order valence-electron chi connectivity index (χ0n) is 20.5. The highest BCUT2D eigenvalue weighted by Gasteiger charge is 2.41. The van der Waals surface area contributed by atoms with Crippen LogP contribution in [0.15, 0.2) is 31.0 Å². The van der Waals surface area contributed by atoms with Gasteiger partial charge in [0.2, 0.25) is 5.91 Å². The summed E-state index contributed by atoms with van der Waals surface area (Å²) < 4.78 is 28.0. The molecule has 5 heterocycles. The maximum absolute atomic E-state index is 16.4. The fraction of sp³-hybridized carbons (Fsp3) is 0.385. The van der Waals surface area contributed by atoms with E-state index in [0.29, 0.717) is 56.3 Å². The molecule has 0 radical (unpaired) electrons. The minimum Gasteiger partial charge on any atom is -0.487 e. The van der Waals surface area contributed by atoms with Crippen molar-refractivity contribution >= 4 is 28.5 Å². The number of halogens is 1. The molecule has 6 rings (SSSR count). The number of nitrogens with zero attached hydrogens (tertiary/aromatic N) is 5. The Hall–Kier alpha value is -3.99. The summed E-state index contributed by atoms with van der Waals surface area (Å²) in [6.45, 7) is 8.42. The molecule has 1 aromatic carbocycles. The number of carbonyl (C=O) groups is 2. The van der Waals surface area contributed by atoms with Crippen molar-refractivity contribution in [2.45, 2.75) is 13.0 Å². The Morgan fingerprint density at radius 1 is 1.22 bits per heavy atom. The van der Waals surface area contributed by atoms with Crippen molar-refractivity contribution in [3.8, 4) is 17.0 Å². The summed E-state index contributed by atoms with van der Waals surface area (Å²) in [6, 6.07) is 3.39. The van der Waals surface area contributed by atoms with Crippen LogP contribution in [0.4, 0.5) is 10.2 Å².